The Labute approximate surface area is 222 Å². The van der Waals surface area contributed by atoms with Gasteiger partial charge in [-0.2, -0.15) is 5.10 Å². The molecule has 1 aliphatic rings. The summed E-state index contributed by atoms with van der Waals surface area (Å²) >= 11 is 3.54. The first-order valence-corrected chi connectivity index (χ1v) is 12.4. The van der Waals surface area contributed by atoms with E-state index in [2.05, 4.69) is 31.8 Å². The number of benzene rings is 3. The summed E-state index contributed by atoms with van der Waals surface area (Å²) in [4.78, 5) is 24.5. The fraction of sp³-hybridized carbons (Fsp3) is 0.222. The fourth-order valence-corrected chi connectivity index (χ4v) is 4.00. The smallest absolute Gasteiger partial charge is 0.259 e. The van der Waals surface area contributed by atoms with Gasteiger partial charge in [0.05, 0.1) is 23.8 Å². The summed E-state index contributed by atoms with van der Waals surface area (Å²) in [6, 6.07) is 16.5. The minimum absolute atomic E-state index is 0.118. The summed E-state index contributed by atoms with van der Waals surface area (Å²) in [5, 5.41) is 6.53. The van der Waals surface area contributed by atoms with Crippen LogP contribution < -0.4 is 29.7 Å². The highest BCUT2D eigenvalue weighted by Crippen LogP contribution is 2.37. The lowest BCUT2D eigenvalue weighted by Crippen LogP contribution is -2.34. The second kappa shape index (κ2) is 12.3. The number of nitrogens with zero attached hydrogens (tertiary/aromatic N) is 1. The summed E-state index contributed by atoms with van der Waals surface area (Å²) < 4.78 is 23.0. The fourth-order valence-electron chi connectivity index (χ4n) is 3.42. The molecule has 0 spiro atoms. The largest absolute Gasteiger partial charge is 0.490 e. The minimum Gasteiger partial charge on any atom is -0.490 e. The third-order valence-corrected chi connectivity index (χ3v) is 5.87. The maximum atomic E-state index is 12.3. The van der Waals surface area contributed by atoms with E-state index in [0.717, 1.165) is 5.56 Å². The molecule has 4 rings (SSSR count). The lowest BCUT2D eigenvalue weighted by molar-refractivity contribution is -0.120. The van der Waals surface area contributed by atoms with E-state index in [1.165, 1.54) is 11.8 Å². The lowest BCUT2D eigenvalue weighted by Gasteiger charge is -2.15. The van der Waals surface area contributed by atoms with Crippen molar-refractivity contribution in [3.05, 3.63) is 81.3 Å². The van der Waals surface area contributed by atoms with E-state index in [4.69, 9.17) is 18.9 Å². The van der Waals surface area contributed by atoms with Crippen molar-refractivity contribution < 1.29 is 28.5 Å². The average Bonchev–Trinajstić information content (AvgIpc) is 3.36. The predicted octanol–water partition coefficient (Wildman–Crippen LogP) is 4.34. The molecule has 0 radical (unpaired) electrons. The third-order valence-electron chi connectivity index (χ3n) is 5.28. The number of amides is 2. The summed E-state index contributed by atoms with van der Waals surface area (Å²) in [5.41, 5.74) is 5.67. The van der Waals surface area contributed by atoms with Crippen LogP contribution in [-0.2, 0) is 11.4 Å². The quantitative estimate of drug-likeness (QED) is 0.278. The first-order chi connectivity index (χ1) is 17.9. The zero-order chi connectivity index (χ0) is 26.2. The van der Waals surface area contributed by atoms with Gasteiger partial charge in [-0.05, 0) is 71.2 Å². The summed E-state index contributed by atoms with van der Waals surface area (Å²) in [6.07, 6.45) is 1.48. The Balaban J connectivity index is 1.32. The van der Waals surface area contributed by atoms with Crippen molar-refractivity contribution in [1.29, 1.82) is 0 Å². The van der Waals surface area contributed by atoms with Crippen LogP contribution in [0.5, 0.6) is 23.0 Å². The zero-order valence-corrected chi connectivity index (χ0v) is 22.0. The van der Waals surface area contributed by atoms with E-state index < -0.39 is 11.8 Å². The molecular formula is C27H26BrN3O6. The molecular weight excluding hydrogens is 542 g/mol. The molecule has 0 unspecified atom stereocenters. The molecule has 1 heterocycles. The van der Waals surface area contributed by atoms with E-state index in [0.29, 0.717) is 51.8 Å². The highest BCUT2D eigenvalue weighted by atomic mass is 79.9. The van der Waals surface area contributed by atoms with Gasteiger partial charge in [-0.3, -0.25) is 9.59 Å². The minimum atomic E-state index is -0.479. The lowest BCUT2D eigenvalue weighted by atomic mass is 10.2. The van der Waals surface area contributed by atoms with Crippen molar-refractivity contribution in [3.8, 4) is 23.0 Å². The van der Waals surface area contributed by atoms with Crippen LogP contribution in [0.3, 0.4) is 0 Å². The Morgan fingerprint density at radius 3 is 2.62 bits per heavy atom. The molecule has 0 aliphatic carbocycles. The predicted molar refractivity (Wildman–Crippen MR) is 141 cm³/mol. The molecule has 2 N–H and O–H groups in total. The van der Waals surface area contributed by atoms with Gasteiger partial charge in [0.1, 0.15) is 6.61 Å². The molecule has 10 heteroatoms. The van der Waals surface area contributed by atoms with Crippen LogP contribution in [0.25, 0.3) is 0 Å². The average molecular weight is 568 g/mol. The molecule has 0 saturated heterocycles. The molecule has 9 nitrogen and oxygen atoms in total. The number of carbonyl (C=O) groups is 2. The zero-order valence-electron chi connectivity index (χ0n) is 20.4. The Hall–Kier alpha value is -4.05. The maximum absolute atomic E-state index is 12.3. The molecule has 3 aromatic carbocycles. The van der Waals surface area contributed by atoms with Gasteiger partial charge in [0, 0.05) is 5.56 Å². The number of nitrogens with one attached hydrogen (secondary N) is 2. The van der Waals surface area contributed by atoms with Crippen LogP contribution in [0.15, 0.2) is 64.2 Å². The second-order valence-corrected chi connectivity index (χ2v) is 8.94. The SMILES string of the molecule is CCOc1cc(C=NNC(=O)CNC(=O)c2ccc3c(c2)OCO3)cc(Br)c1OCc1ccc(C)cc1. The summed E-state index contributed by atoms with van der Waals surface area (Å²) in [5.74, 6) is 1.30. The molecule has 0 saturated carbocycles. The molecule has 0 aromatic heterocycles. The number of hydrazone groups is 1. The van der Waals surface area contributed by atoms with E-state index in [1.54, 1.807) is 24.3 Å². The second-order valence-electron chi connectivity index (χ2n) is 8.08. The van der Waals surface area contributed by atoms with Crippen LogP contribution in [0.2, 0.25) is 0 Å². The normalized spacial score (nSPS) is 11.9. The Morgan fingerprint density at radius 2 is 1.84 bits per heavy atom. The monoisotopic (exact) mass is 567 g/mol. The van der Waals surface area contributed by atoms with Gasteiger partial charge < -0.3 is 24.3 Å². The molecule has 192 valence electrons. The summed E-state index contributed by atoms with van der Waals surface area (Å²) in [7, 11) is 0. The van der Waals surface area contributed by atoms with Crippen LogP contribution in [0, 0.1) is 6.92 Å². The summed E-state index contributed by atoms with van der Waals surface area (Å²) in [6.45, 7) is 4.63. The van der Waals surface area contributed by atoms with E-state index in [1.807, 2.05) is 44.2 Å². The number of ether oxygens (including phenoxy) is 4. The Morgan fingerprint density at radius 1 is 1.05 bits per heavy atom. The molecule has 0 atom stereocenters. The number of hydrogen-bond donors (Lipinski definition) is 2. The Kier molecular flexibility index (Phi) is 8.63. The van der Waals surface area contributed by atoms with Gasteiger partial charge in [0.2, 0.25) is 6.79 Å². The number of hydrogen-bond acceptors (Lipinski definition) is 7. The van der Waals surface area contributed by atoms with Gasteiger partial charge in [-0.1, -0.05) is 29.8 Å². The van der Waals surface area contributed by atoms with Crippen molar-refractivity contribution >= 4 is 34.0 Å². The molecule has 3 aromatic rings. The van der Waals surface area contributed by atoms with Crippen molar-refractivity contribution in [2.24, 2.45) is 5.10 Å². The van der Waals surface area contributed by atoms with Crippen molar-refractivity contribution in [1.82, 2.24) is 10.7 Å². The molecule has 0 bridgehead atoms. The van der Waals surface area contributed by atoms with Gasteiger partial charge in [0.25, 0.3) is 11.8 Å². The van der Waals surface area contributed by atoms with Crippen molar-refractivity contribution in [3.63, 3.8) is 0 Å². The van der Waals surface area contributed by atoms with Gasteiger partial charge in [-0.15, -0.1) is 0 Å². The molecule has 1 aliphatic heterocycles. The number of rotatable bonds is 10. The van der Waals surface area contributed by atoms with E-state index in [-0.39, 0.29) is 13.3 Å². The van der Waals surface area contributed by atoms with E-state index >= 15 is 0 Å². The topological polar surface area (TPSA) is 107 Å². The van der Waals surface area contributed by atoms with Gasteiger partial charge in [0.15, 0.2) is 23.0 Å². The maximum Gasteiger partial charge on any atom is 0.259 e. The molecule has 37 heavy (non-hydrogen) atoms. The van der Waals surface area contributed by atoms with Crippen LogP contribution in [0.4, 0.5) is 0 Å². The highest BCUT2D eigenvalue weighted by Gasteiger charge is 2.17. The van der Waals surface area contributed by atoms with Crippen molar-refractivity contribution in [2.75, 3.05) is 19.9 Å². The highest BCUT2D eigenvalue weighted by molar-refractivity contribution is 9.10. The standard InChI is InChI=1S/C27H26BrN3O6/c1-3-34-24-11-19(10-21(28)26(24)35-15-18-6-4-17(2)5-7-18)13-30-31-25(32)14-29-27(33)20-8-9-22-23(12-20)37-16-36-22/h4-13H,3,14-16H2,1-2H3,(H,29,33)(H,31,32). The first kappa shape index (κ1) is 26.0. The van der Waals surface area contributed by atoms with Crippen LogP contribution in [0.1, 0.15) is 34.0 Å². The van der Waals surface area contributed by atoms with Crippen LogP contribution >= 0.6 is 15.9 Å². The number of carbonyl (C=O) groups excluding carboxylic acids is 2. The van der Waals surface area contributed by atoms with Crippen molar-refractivity contribution in [2.45, 2.75) is 20.5 Å². The number of fused-ring (bicyclic) bond motifs is 1. The third kappa shape index (κ3) is 7.01. The first-order valence-electron chi connectivity index (χ1n) is 11.6. The van der Waals surface area contributed by atoms with Gasteiger partial charge in [-0.25, -0.2) is 5.43 Å². The molecule has 2 amide bonds. The Bertz CT molecular complexity index is 1310. The van der Waals surface area contributed by atoms with E-state index in [9.17, 15) is 9.59 Å². The number of aryl methyl sites for hydroxylation is 1. The molecule has 0 fully saturated rings. The van der Waals surface area contributed by atoms with Gasteiger partial charge >= 0.3 is 0 Å². The number of halogens is 1. The van der Waals surface area contributed by atoms with Crippen LogP contribution in [-0.4, -0.2) is 38.0 Å².